The van der Waals surface area contributed by atoms with Crippen molar-refractivity contribution >= 4 is 40.6 Å². The standard InChI is InChI=1S/C27H30N6O8/c1-33(2)20-13-8-12-7-11-3-4-14(32-16(34)10-29-9-15-30-5-6-31-15)21(35)17(11)22(36)18(12)24(38)27(13,41)25(39)19(23(20)37)26(28)40/h3-6,12-13,18-20,29,35,41H,7-10H2,1-2H3,(H2,28,40)(H,30,31)(H,32,34)/t12?,13?,18?,19?,20-,27-/m0/s1. The molecule has 0 aliphatic heterocycles. The van der Waals surface area contributed by atoms with Crippen molar-refractivity contribution in [2.75, 3.05) is 26.0 Å². The summed E-state index contributed by atoms with van der Waals surface area (Å²) in [6.07, 6.45) is 3.31. The van der Waals surface area contributed by atoms with Gasteiger partial charge in [-0.1, -0.05) is 6.07 Å². The van der Waals surface area contributed by atoms with Crippen molar-refractivity contribution in [1.29, 1.82) is 0 Å². The summed E-state index contributed by atoms with van der Waals surface area (Å²) in [5.74, 6) is -11.2. The van der Waals surface area contributed by atoms with Gasteiger partial charge in [-0.15, -0.1) is 0 Å². The van der Waals surface area contributed by atoms with Gasteiger partial charge in [-0.05, 0) is 44.5 Å². The highest BCUT2D eigenvalue weighted by atomic mass is 16.3. The molecule has 3 aliphatic carbocycles. The molecule has 2 saturated carbocycles. The number of hydrogen-bond acceptors (Lipinski definition) is 11. The molecule has 3 aliphatic rings. The number of anilines is 1. The second-order valence-corrected chi connectivity index (χ2v) is 11.0. The van der Waals surface area contributed by atoms with Gasteiger partial charge >= 0.3 is 0 Å². The van der Waals surface area contributed by atoms with E-state index in [0.29, 0.717) is 17.9 Å². The summed E-state index contributed by atoms with van der Waals surface area (Å²) in [6.45, 7) is 0.164. The normalized spacial score (nSPS) is 29.1. The zero-order valence-electron chi connectivity index (χ0n) is 22.3. The molecule has 2 fully saturated rings. The quantitative estimate of drug-likeness (QED) is 0.164. The minimum atomic E-state index is -2.79. The Morgan fingerprint density at radius 1 is 1.20 bits per heavy atom. The Labute approximate surface area is 233 Å². The average molecular weight is 567 g/mol. The maximum absolute atomic E-state index is 13.8. The molecule has 216 valence electrons. The number of primary amides is 1. The van der Waals surface area contributed by atoms with E-state index >= 15 is 0 Å². The van der Waals surface area contributed by atoms with Crippen LogP contribution < -0.4 is 16.4 Å². The Bertz CT molecular complexity index is 1470. The van der Waals surface area contributed by atoms with Crippen molar-refractivity contribution in [3.8, 4) is 5.75 Å². The predicted octanol–water partition coefficient (Wildman–Crippen LogP) is -1.68. The molecular weight excluding hydrogens is 536 g/mol. The third-order valence-corrected chi connectivity index (χ3v) is 8.34. The fraction of sp³-hybridized carbons (Fsp3) is 0.444. The van der Waals surface area contributed by atoms with Gasteiger partial charge in [-0.2, -0.15) is 0 Å². The lowest BCUT2D eigenvalue weighted by Gasteiger charge is -2.52. The number of aromatic hydroxyl groups is 1. The highest BCUT2D eigenvalue weighted by Crippen LogP contribution is 2.51. The molecule has 2 aromatic rings. The fourth-order valence-corrected chi connectivity index (χ4v) is 6.56. The number of nitrogens with two attached hydrogens (primary N) is 1. The van der Waals surface area contributed by atoms with Crippen LogP contribution in [0.3, 0.4) is 0 Å². The van der Waals surface area contributed by atoms with Crippen molar-refractivity contribution in [3.63, 3.8) is 0 Å². The summed E-state index contributed by atoms with van der Waals surface area (Å²) < 4.78 is 0. The molecule has 6 atom stereocenters. The van der Waals surface area contributed by atoms with Crippen LogP contribution in [-0.4, -0.2) is 92.3 Å². The van der Waals surface area contributed by atoms with Crippen molar-refractivity contribution in [2.45, 2.75) is 31.0 Å². The van der Waals surface area contributed by atoms with Gasteiger partial charge in [0.05, 0.1) is 36.3 Å². The Balaban J connectivity index is 1.43. The maximum Gasteiger partial charge on any atom is 0.238 e. The number of rotatable bonds is 7. The molecule has 0 radical (unpaired) electrons. The SMILES string of the molecule is CN(C)[C@@H]1C(=O)C(C(N)=O)C(=O)[C@@]2(O)C(=O)C3C(=O)c4c(ccc(NC(=O)CNCc5ncc[nH]5)c4O)CC3CC12. The number of imidazole rings is 1. The second kappa shape index (κ2) is 10.3. The number of carbonyl (C=O) groups is 6. The smallest absolute Gasteiger partial charge is 0.238 e. The number of H-pyrrole nitrogens is 1. The van der Waals surface area contributed by atoms with Gasteiger partial charge in [0.1, 0.15) is 11.6 Å². The van der Waals surface area contributed by atoms with E-state index in [0.717, 1.165) is 0 Å². The van der Waals surface area contributed by atoms with Crippen molar-refractivity contribution in [1.82, 2.24) is 20.2 Å². The molecule has 41 heavy (non-hydrogen) atoms. The first-order valence-electron chi connectivity index (χ1n) is 13.1. The van der Waals surface area contributed by atoms with E-state index in [9.17, 15) is 39.0 Å². The van der Waals surface area contributed by atoms with Crippen molar-refractivity contribution in [3.05, 3.63) is 41.5 Å². The van der Waals surface area contributed by atoms with Crippen LogP contribution in [0.2, 0.25) is 0 Å². The van der Waals surface area contributed by atoms with Gasteiger partial charge in [-0.3, -0.25) is 33.7 Å². The molecule has 5 rings (SSSR count). The van der Waals surface area contributed by atoms with Gasteiger partial charge in [0.25, 0.3) is 0 Å². The van der Waals surface area contributed by atoms with Crippen LogP contribution in [0.25, 0.3) is 0 Å². The lowest BCUT2D eigenvalue weighted by molar-refractivity contribution is -0.181. The minimum Gasteiger partial charge on any atom is -0.505 e. The van der Waals surface area contributed by atoms with Crippen LogP contribution in [0, 0.1) is 23.7 Å². The molecule has 1 aromatic carbocycles. The van der Waals surface area contributed by atoms with Crippen molar-refractivity contribution in [2.24, 2.45) is 29.4 Å². The fourth-order valence-electron chi connectivity index (χ4n) is 6.56. The van der Waals surface area contributed by atoms with E-state index in [1.54, 1.807) is 18.5 Å². The largest absolute Gasteiger partial charge is 0.505 e. The van der Waals surface area contributed by atoms with Gasteiger partial charge < -0.3 is 31.6 Å². The van der Waals surface area contributed by atoms with E-state index < -0.39 is 76.0 Å². The summed E-state index contributed by atoms with van der Waals surface area (Å²) in [7, 11) is 3.05. The van der Waals surface area contributed by atoms with Gasteiger partial charge in [0, 0.05) is 18.3 Å². The van der Waals surface area contributed by atoms with E-state index in [4.69, 9.17) is 5.73 Å². The molecule has 4 unspecified atom stereocenters. The molecule has 14 nitrogen and oxygen atoms in total. The summed E-state index contributed by atoms with van der Waals surface area (Å²) >= 11 is 0. The number of aromatic nitrogens is 2. The molecule has 1 heterocycles. The molecule has 0 bridgehead atoms. The third-order valence-electron chi connectivity index (χ3n) is 8.34. The van der Waals surface area contributed by atoms with Gasteiger partial charge in [0.2, 0.25) is 11.8 Å². The van der Waals surface area contributed by atoms with E-state index in [1.165, 1.54) is 25.1 Å². The summed E-state index contributed by atoms with van der Waals surface area (Å²) in [5, 5.41) is 28.0. The molecule has 1 aromatic heterocycles. The summed E-state index contributed by atoms with van der Waals surface area (Å²) in [6, 6.07) is 1.84. The number of benzene rings is 1. The van der Waals surface area contributed by atoms with E-state index in [2.05, 4.69) is 20.6 Å². The Morgan fingerprint density at radius 3 is 2.56 bits per heavy atom. The topological polar surface area (TPSA) is 225 Å². The maximum atomic E-state index is 13.8. The van der Waals surface area contributed by atoms with Crippen LogP contribution in [0.4, 0.5) is 5.69 Å². The Hall–Kier alpha value is -4.27. The number of phenolic OH excluding ortho intramolecular Hbond substituents is 1. The number of hydrogen-bond donors (Lipinski definition) is 6. The first-order chi connectivity index (χ1) is 19.4. The number of phenols is 1. The first-order valence-corrected chi connectivity index (χ1v) is 13.1. The summed E-state index contributed by atoms with van der Waals surface area (Å²) in [4.78, 5) is 86.9. The van der Waals surface area contributed by atoms with Crippen LogP contribution in [0.1, 0.15) is 28.2 Å². The molecule has 0 saturated heterocycles. The lowest BCUT2D eigenvalue weighted by Crippen LogP contribution is -2.74. The average Bonchev–Trinajstić information content (AvgIpc) is 3.41. The zero-order valence-corrected chi connectivity index (χ0v) is 22.3. The number of aromatic amines is 1. The number of ketones is 4. The second-order valence-electron chi connectivity index (χ2n) is 11.0. The highest BCUT2D eigenvalue weighted by Gasteiger charge is 2.69. The monoisotopic (exact) mass is 566 g/mol. The lowest BCUT2D eigenvalue weighted by atomic mass is 9.52. The van der Waals surface area contributed by atoms with Crippen LogP contribution in [0.5, 0.6) is 5.75 Å². The van der Waals surface area contributed by atoms with E-state index in [-0.39, 0.29) is 30.6 Å². The molecule has 7 N–H and O–H groups in total. The number of Topliss-reactive ketones (excluding diaryl/α,β-unsaturated/α-hetero) is 4. The Morgan fingerprint density at radius 2 is 1.93 bits per heavy atom. The van der Waals surface area contributed by atoms with Gasteiger partial charge in [0.15, 0.2) is 34.7 Å². The molecule has 0 spiro atoms. The first kappa shape index (κ1) is 28.3. The number of nitrogens with one attached hydrogen (secondary N) is 3. The summed E-state index contributed by atoms with van der Waals surface area (Å²) in [5.41, 5.74) is 2.70. The predicted molar refractivity (Wildman–Crippen MR) is 140 cm³/mol. The van der Waals surface area contributed by atoms with Crippen LogP contribution in [0.15, 0.2) is 24.5 Å². The number of aliphatic hydroxyl groups is 1. The minimum absolute atomic E-state index is 0.0372. The van der Waals surface area contributed by atoms with E-state index in [1.807, 2.05) is 0 Å². The van der Waals surface area contributed by atoms with Crippen LogP contribution >= 0.6 is 0 Å². The number of carbonyl (C=O) groups excluding carboxylic acids is 6. The zero-order chi connectivity index (χ0) is 29.8. The molecule has 14 heteroatoms. The Kier molecular flexibility index (Phi) is 7.09. The van der Waals surface area contributed by atoms with Gasteiger partial charge in [-0.25, -0.2) is 4.98 Å². The molecular formula is C27H30N6O8. The number of likely N-dealkylation sites (N-methyl/N-ethyl adjacent to an activating group) is 1. The van der Waals surface area contributed by atoms with Crippen LogP contribution in [-0.2, 0) is 36.9 Å². The molecule has 2 amide bonds. The highest BCUT2D eigenvalue weighted by molar-refractivity contribution is 6.32. The number of fused-ring (bicyclic) bond motifs is 3. The van der Waals surface area contributed by atoms with Crippen molar-refractivity contribution < 1.29 is 39.0 Å². The number of nitrogens with zero attached hydrogens (tertiary/aromatic N) is 2. The number of amides is 2. The third kappa shape index (κ3) is 4.44.